The molecule has 0 amide bonds. The molecule has 1 aromatic heterocycles. The Morgan fingerprint density at radius 3 is 2.63 bits per heavy atom. The fourth-order valence-electron chi connectivity index (χ4n) is 2.27. The molecule has 0 fully saturated rings. The van der Waals surface area contributed by atoms with Crippen LogP contribution in [0.15, 0.2) is 48.5 Å². The highest BCUT2D eigenvalue weighted by Gasteiger charge is 2.04. The summed E-state index contributed by atoms with van der Waals surface area (Å²) in [7, 11) is 0. The molecule has 0 aliphatic rings. The topological polar surface area (TPSA) is 48.9 Å². The molecule has 0 saturated heterocycles. The number of aromatic nitrogens is 2. The van der Waals surface area contributed by atoms with Gasteiger partial charge in [0.2, 0.25) is 0 Å². The van der Waals surface area contributed by atoms with E-state index in [1.165, 1.54) is 5.56 Å². The molecule has 3 rings (SSSR count). The van der Waals surface area contributed by atoms with Crippen LogP contribution in [0.3, 0.4) is 0 Å². The van der Waals surface area contributed by atoms with Crippen LogP contribution in [0, 0.1) is 0 Å². The first-order valence-corrected chi connectivity index (χ1v) is 6.47. The lowest BCUT2D eigenvalue weighted by molar-refractivity contribution is 0.299. The van der Waals surface area contributed by atoms with Crippen LogP contribution < -0.4 is 0 Å². The van der Waals surface area contributed by atoms with Gasteiger partial charge in [-0.15, -0.1) is 0 Å². The summed E-state index contributed by atoms with van der Waals surface area (Å²) in [6.07, 6.45) is 1.49. The Morgan fingerprint density at radius 2 is 1.84 bits per heavy atom. The fourth-order valence-corrected chi connectivity index (χ4v) is 2.27. The summed E-state index contributed by atoms with van der Waals surface area (Å²) in [6.45, 7) is 0.177. The minimum absolute atomic E-state index is 0.177. The van der Waals surface area contributed by atoms with Crippen LogP contribution in [0.5, 0.6) is 0 Å². The highest BCUT2D eigenvalue weighted by molar-refractivity contribution is 5.76. The molecule has 1 heterocycles. The van der Waals surface area contributed by atoms with Gasteiger partial charge in [0.1, 0.15) is 5.82 Å². The van der Waals surface area contributed by atoms with Gasteiger partial charge in [-0.2, -0.15) is 0 Å². The first-order valence-electron chi connectivity index (χ1n) is 6.47. The van der Waals surface area contributed by atoms with Gasteiger partial charge in [0, 0.05) is 13.0 Å². The normalized spacial score (nSPS) is 11.0. The summed E-state index contributed by atoms with van der Waals surface area (Å²) in [5, 5.41) is 8.97. The number of hydrogen-bond acceptors (Lipinski definition) is 2. The summed E-state index contributed by atoms with van der Waals surface area (Å²) < 4.78 is 0. The first kappa shape index (κ1) is 11.9. The highest BCUT2D eigenvalue weighted by atomic mass is 16.2. The molecule has 0 spiro atoms. The van der Waals surface area contributed by atoms with Crippen molar-refractivity contribution < 1.29 is 5.11 Å². The molecule has 2 N–H and O–H groups in total. The van der Waals surface area contributed by atoms with Gasteiger partial charge in [0.15, 0.2) is 0 Å². The maximum absolute atomic E-state index is 8.97. The molecule has 2 aromatic carbocycles. The zero-order valence-electron chi connectivity index (χ0n) is 10.6. The number of aliphatic hydroxyl groups is 1. The largest absolute Gasteiger partial charge is 0.396 e. The SMILES string of the molecule is OCCc1ccc2nc(Cc3ccccc3)[nH]c2c1. The zero-order valence-corrected chi connectivity index (χ0v) is 10.6. The monoisotopic (exact) mass is 252 g/mol. The predicted molar refractivity (Wildman–Crippen MR) is 76.1 cm³/mol. The Labute approximate surface area is 111 Å². The van der Waals surface area contributed by atoms with Gasteiger partial charge in [-0.3, -0.25) is 0 Å². The molecular weight excluding hydrogens is 236 g/mol. The third kappa shape index (κ3) is 2.66. The van der Waals surface area contributed by atoms with E-state index in [1.807, 2.05) is 30.3 Å². The molecule has 19 heavy (non-hydrogen) atoms. The number of nitrogens with zero attached hydrogens (tertiary/aromatic N) is 1. The molecule has 0 unspecified atom stereocenters. The smallest absolute Gasteiger partial charge is 0.111 e. The van der Waals surface area contributed by atoms with Crippen molar-refractivity contribution in [2.75, 3.05) is 6.61 Å². The quantitative estimate of drug-likeness (QED) is 0.750. The van der Waals surface area contributed by atoms with Gasteiger partial charge in [-0.1, -0.05) is 36.4 Å². The van der Waals surface area contributed by atoms with E-state index in [0.29, 0.717) is 6.42 Å². The van der Waals surface area contributed by atoms with Crippen LogP contribution in [0.4, 0.5) is 0 Å². The number of H-pyrrole nitrogens is 1. The van der Waals surface area contributed by atoms with Crippen LogP contribution >= 0.6 is 0 Å². The second kappa shape index (κ2) is 5.24. The molecular formula is C16H16N2O. The number of nitrogens with one attached hydrogen (secondary N) is 1. The van der Waals surface area contributed by atoms with Crippen LogP contribution in [0.1, 0.15) is 17.0 Å². The van der Waals surface area contributed by atoms with Gasteiger partial charge < -0.3 is 10.1 Å². The second-order valence-corrected chi connectivity index (χ2v) is 4.67. The number of benzene rings is 2. The molecule has 3 heteroatoms. The van der Waals surface area contributed by atoms with E-state index in [1.54, 1.807) is 0 Å². The van der Waals surface area contributed by atoms with Gasteiger partial charge in [0.25, 0.3) is 0 Å². The average molecular weight is 252 g/mol. The minimum atomic E-state index is 0.177. The summed E-state index contributed by atoms with van der Waals surface area (Å²) in [4.78, 5) is 7.94. The predicted octanol–water partition coefficient (Wildman–Crippen LogP) is 2.69. The third-order valence-corrected chi connectivity index (χ3v) is 3.21. The molecule has 0 aliphatic carbocycles. The summed E-state index contributed by atoms with van der Waals surface area (Å²) in [6, 6.07) is 16.4. The maximum Gasteiger partial charge on any atom is 0.111 e. The lowest BCUT2D eigenvalue weighted by Crippen LogP contribution is -1.90. The molecule has 0 bridgehead atoms. The third-order valence-electron chi connectivity index (χ3n) is 3.21. The highest BCUT2D eigenvalue weighted by Crippen LogP contribution is 2.16. The number of imidazole rings is 1. The van der Waals surface area contributed by atoms with Crippen molar-refractivity contribution in [2.45, 2.75) is 12.8 Å². The Balaban J connectivity index is 1.89. The van der Waals surface area contributed by atoms with Crippen molar-refractivity contribution >= 4 is 11.0 Å². The van der Waals surface area contributed by atoms with Crippen molar-refractivity contribution in [1.82, 2.24) is 9.97 Å². The lowest BCUT2D eigenvalue weighted by atomic mass is 10.1. The Kier molecular flexibility index (Phi) is 3.29. The van der Waals surface area contributed by atoms with E-state index in [4.69, 9.17) is 5.11 Å². The summed E-state index contributed by atoms with van der Waals surface area (Å²) in [5.74, 6) is 0.974. The Hall–Kier alpha value is -2.13. The number of rotatable bonds is 4. The molecule has 0 radical (unpaired) electrons. The van der Waals surface area contributed by atoms with Gasteiger partial charge in [0.05, 0.1) is 11.0 Å². The number of aliphatic hydroxyl groups excluding tert-OH is 1. The van der Waals surface area contributed by atoms with Crippen molar-refractivity contribution in [3.05, 3.63) is 65.5 Å². The molecule has 3 aromatic rings. The van der Waals surface area contributed by atoms with Gasteiger partial charge >= 0.3 is 0 Å². The standard InChI is InChI=1S/C16H16N2O/c19-9-8-13-6-7-14-15(10-13)18-16(17-14)11-12-4-2-1-3-5-12/h1-7,10,19H,8-9,11H2,(H,17,18). The van der Waals surface area contributed by atoms with Gasteiger partial charge in [-0.05, 0) is 29.7 Å². The van der Waals surface area contributed by atoms with Gasteiger partial charge in [-0.25, -0.2) is 4.98 Å². The average Bonchev–Trinajstić information content (AvgIpc) is 2.82. The van der Waals surface area contributed by atoms with E-state index in [0.717, 1.165) is 28.8 Å². The number of aromatic amines is 1. The van der Waals surface area contributed by atoms with Crippen LogP contribution in [-0.4, -0.2) is 21.7 Å². The van der Waals surface area contributed by atoms with E-state index < -0.39 is 0 Å². The van der Waals surface area contributed by atoms with E-state index in [-0.39, 0.29) is 6.61 Å². The Bertz CT molecular complexity index is 674. The zero-order chi connectivity index (χ0) is 13.1. The van der Waals surface area contributed by atoms with Crippen LogP contribution in [0.2, 0.25) is 0 Å². The molecule has 0 saturated carbocycles. The van der Waals surface area contributed by atoms with Crippen molar-refractivity contribution in [3.8, 4) is 0 Å². The number of hydrogen-bond donors (Lipinski definition) is 2. The summed E-state index contributed by atoms with van der Waals surface area (Å²) in [5.41, 5.74) is 4.39. The molecule has 0 aliphatic heterocycles. The van der Waals surface area contributed by atoms with E-state index in [9.17, 15) is 0 Å². The molecule has 96 valence electrons. The van der Waals surface area contributed by atoms with Crippen LogP contribution in [0.25, 0.3) is 11.0 Å². The van der Waals surface area contributed by atoms with Crippen LogP contribution in [-0.2, 0) is 12.8 Å². The fraction of sp³-hybridized carbons (Fsp3) is 0.188. The van der Waals surface area contributed by atoms with Crippen molar-refractivity contribution in [2.24, 2.45) is 0 Å². The molecule has 0 atom stereocenters. The van der Waals surface area contributed by atoms with E-state index >= 15 is 0 Å². The van der Waals surface area contributed by atoms with Crippen molar-refractivity contribution in [1.29, 1.82) is 0 Å². The maximum atomic E-state index is 8.97. The van der Waals surface area contributed by atoms with Crippen molar-refractivity contribution in [3.63, 3.8) is 0 Å². The second-order valence-electron chi connectivity index (χ2n) is 4.67. The lowest BCUT2D eigenvalue weighted by Gasteiger charge is -1.97. The van der Waals surface area contributed by atoms with E-state index in [2.05, 4.69) is 28.2 Å². The first-order chi connectivity index (χ1) is 9.35. The summed E-state index contributed by atoms with van der Waals surface area (Å²) >= 11 is 0. The Morgan fingerprint density at radius 1 is 1.00 bits per heavy atom. The minimum Gasteiger partial charge on any atom is -0.396 e. The number of fused-ring (bicyclic) bond motifs is 1. The molecule has 3 nitrogen and oxygen atoms in total.